The summed E-state index contributed by atoms with van der Waals surface area (Å²) in [6.45, 7) is 9.21. The number of sulfonamides is 1. The third-order valence-electron chi connectivity index (χ3n) is 6.19. The van der Waals surface area contributed by atoms with Crippen LogP contribution in [0.4, 0.5) is 5.82 Å². The summed E-state index contributed by atoms with van der Waals surface area (Å²) in [5, 5.41) is 17.0. The van der Waals surface area contributed by atoms with Crippen molar-refractivity contribution < 1.29 is 38.3 Å². The summed E-state index contributed by atoms with van der Waals surface area (Å²) < 4.78 is 40.6. The van der Waals surface area contributed by atoms with E-state index in [0.717, 1.165) is 0 Å². The van der Waals surface area contributed by atoms with E-state index in [0.29, 0.717) is 48.4 Å². The van der Waals surface area contributed by atoms with E-state index in [1.165, 1.54) is 52.0 Å². The number of ether oxygens (including phenoxy) is 2. The Bertz CT molecular complexity index is 2110. The summed E-state index contributed by atoms with van der Waals surface area (Å²) in [6.07, 6.45) is 4.64. The fraction of sp³-hybridized carbons (Fsp3) is 0.258. The van der Waals surface area contributed by atoms with Crippen molar-refractivity contribution in [3.8, 4) is 23.4 Å². The van der Waals surface area contributed by atoms with Crippen LogP contribution in [0, 0.1) is 11.8 Å². The minimum Gasteiger partial charge on any atom is -0.478 e. The first-order chi connectivity index (χ1) is 23.6. The number of nitrogens with two attached hydrogens (primary N) is 1. The van der Waals surface area contributed by atoms with E-state index < -0.39 is 21.9 Å². The van der Waals surface area contributed by atoms with Crippen molar-refractivity contribution in [1.82, 2.24) is 39.2 Å². The van der Waals surface area contributed by atoms with Crippen LogP contribution in [0.2, 0.25) is 10.3 Å². The number of aromatic nitrogens is 7. The Morgan fingerprint density at radius 1 is 0.860 bits per heavy atom. The van der Waals surface area contributed by atoms with Gasteiger partial charge in [-0.1, -0.05) is 50.9 Å². The van der Waals surface area contributed by atoms with Crippen molar-refractivity contribution in [3.63, 3.8) is 0 Å². The smallest absolute Gasteiger partial charge is 0.338 e. The maximum absolute atomic E-state index is 12.4. The largest absolute Gasteiger partial charge is 0.478 e. The molecular formula is C31H41Cl2N9O7S. The van der Waals surface area contributed by atoms with Crippen molar-refractivity contribution in [2.45, 2.75) is 32.6 Å². The number of amides is 1. The number of hydrogen-bond donors (Lipinski definition) is 3. The molecule has 0 radical (unpaired) electrons. The molecule has 0 saturated carbocycles. The zero-order valence-electron chi connectivity index (χ0n) is 27.2. The average Bonchev–Trinajstić information content (AvgIpc) is 3.73. The van der Waals surface area contributed by atoms with E-state index in [-0.39, 0.29) is 37.9 Å². The van der Waals surface area contributed by atoms with E-state index in [9.17, 15) is 18.0 Å². The number of rotatable bonds is 12. The van der Waals surface area contributed by atoms with Crippen LogP contribution >= 0.6 is 23.2 Å². The highest BCUT2D eigenvalue weighted by Crippen LogP contribution is 2.21. The maximum atomic E-state index is 12.4. The molecule has 19 heteroatoms. The van der Waals surface area contributed by atoms with Crippen molar-refractivity contribution in [2.24, 2.45) is 11.8 Å². The fourth-order valence-corrected chi connectivity index (χ4v) is 5.34. The first-order valence-corrected chi connectivity index (χ1v) is 17.1. The van der Waals surface area contributed by atoms with Gasteiger partial charge in [0.15, 0.2) is 11.6 Å². The molecule has 0 saturated heterocycles. The zero-order chi connectivity index (χ0) is 36.6. The summed E-state index contributed by atoms with van der Waals surface area (Å²) in [5.41, 5.74) is 5.40. The molecular weight excluding hydrogens is 713 g/mol. The third kappa shape index (κ3) is 9.90. The monoisotopic (exact) mass is 753 g/mol. The van der Waals surface area contributed by atoms with Crippen LogP contribution in [0.15, 0.2) is 72.0 Å². The van der Waals surface area contributed by atoms with Gasteiger partial charge in [0.05, 0.1) is 24.3 Å². The molecule has 16 nitrogen and oxygen atoms in total. The molecule has 0 unspecified atom stereocenters. The average molecular weight is 755 g/mol. The normalized spacial score (nSPS) is 11.2. The summed E-state index contributed by atoms with van der Waals surface area (Å²) in [5.74, 6) is 0.115. The summed E-state index contributed by atoms with van der Waals surface area (Å²) in [6, 6.07) is 11.8. The highest BCUT2D eigenvalue weighted by molar-refractivity contribution is 7.90. The molecule has 5 aromatic heterocycles. The van der Waals surface area contributed by atoms with Crippen LogP contribution < -0.4 is 19.9 Å². The first kappa shape index (κ1) is 37.6. The predicted molar refractivity (Wildman–Crippen MR) is 192 cm³/mol. The molecule has 5 rings (SSSR count). The molecule has 0 spiro atoms. The second kappa shape index (κ2) is 16.4. The zero-order valence-corrected chi connectivity index (χ0v) is 29.5. The molecule has 0 fully saturated rings. The summed E-state index contributed by atoms with van der Waals surface area (Å²) in [7, 11) is -4.24. The van der Waals surface area contributed by atoms with Gasteiger partial charge in [0.25, 0.3) is 15.9 Å². The minimum atomic E-state index is -4.24. The molecule has 5 aromatic rings. The minimum absolute atomic E-state index is 0. The van der Waals surface area contributed by atoms with E-state index in [1.54, 1.807) is 24.5 Å². The number of carbonyl (C=O) groups excluding carboxylic acids is 1. The number of nitrogens with zero attached hydrogens (tertiary/aromatic N) is 7. The standard InChI is InChI=1S/C18H19ClN6O4S.C13H14ClN3O3.4H2/c1-11(2)10-29-15-7-9-25(23-15)14-6-5-12(16(19)22-14)18(26)24-30(27,28)13-4-3-8-21-17(13)20;1-8(2)7-20-11-5-6-17(16-11)10-4-3-9(13(18)19)12(14)15-10;;;;/h3-9,11H,10H2,1-2H3,(H2,20,21)(H,24,26);3-6,8H,7H2,1-2H3,(H,18,19);4*1H. The molecule has 0 aliphatic carbocycles. The summed E-state index contributed by atoms with van der Waals surface area (Å²) >= 11 is 11.9. The van der Waals surface area contributed by atoms with Gasteiger partial charge in [-0.05, 0) is 48.2 Å². The lowest BCUT2D eigenvalue weighted by Crippen LogP contribution is -2.31. The molecule has 5 heterocycles. The van der Waals surface area contributed by atoms with Gasteiger partial charge in [0, 0.05) is 36.4 Å². The molecule has 0 aliphatic rings. The number of aromatic carboxylic acids is 1. The quantitative estimate of drug-likeness (QED) is 0.131. The van der Waals surface area contributed by atoms with Gasteiger partial charge in [0.1, 0.15) is 21.0 Å². The molecule has 0 aromatic carbocycles. The lowest BCUT2D eigenvalue weighted by molar-refractivity contribution is 0.0696. The SMILES string of the molecule is CC(C)COc1ccn(-c2ccc(C(=O)NS(=O)(=O)c3cccnc3N)c(Cl)n2)n1.CC(C)COc1ccn(-c2ccc(C(=O)O)c(Cl)n2)n1.[HH].[HH].[HH].[HH]. The number of carbonyl (C=O) groups is 2. The Labute approximate surface area is 303 Å². The molecule has 1 amide bonds. The Balaban J connectivity index is 0.00000103. The number of anilines is 1. The van der Waals surface area contributed by atoms with Gasteiger partial charge >= 0.3 is 5.97 Å². The third-order valence-corrected chi connectivity index (χ3v) is 8.14. The highest BCUT2D eigenvalue weighted by atomic mass is 35.5. The van der Waals surface area contributed by atoms with E-state index in [1.807, 2.05) is 32.4 Å². The Morgan fingerprint density at radius 2 is 1.36 bits per heavy atom. The Morgan fingerprint density at radius 3 is 1.80 bits per heavy atom. The van der Waals surface area contributed by atoms with Crippen molar-refractivity contribution in [3.05, 3.63) is 88.6 Å². The van der Waals surface area contributed by atoms with Gasteiger partial charge in [-0.25, -0.2) is 42.2 Å². The van der Waals surface area contributed by atoms with Crippen LogP contribution in [0.1, 0.15) is 54.1 Å². The van der Waals surface area contributed by atoms with Gasteiger partial charge in [-0.2, -0.15) is 0 Å². The number of carboxylic acids is 1. The van der Waals surface area contributed by atoms with Crippen molar-refractivity contribution in [1.29, 1.82) is 0 Å². The number of hydrogen-bond acceptors (Lipinski definition) is 12. The number of nitrogen functional groups attached to an aromatic ring is 1. The Kier molecular flexibility index (Phi) is 12.3. The molecule has 0 aliphatic heterocycles. The van der Waals surface area contributed by atoms with E-state index >= 15 is 0 Å². The van der Waals surface area contributed by atoms with Gasteiger partial charge in [-0.3, -0.25) is 4.79 Å². The number of nitrogens with one attached hydrogen (secondary N) is 1. The maximum Gasteiger partial charge on any atom is 0.338 e. The lowest BCUT2D eigenvalue weighted by atomic mass is 10.2. The van der Waals surface area contributed by atoms with E-state index in [4.69, 9.17) is 43.5 Å². The second-order valence-corrected chi connectivity index (χ2v) is 13.6. The van der Waals surface area contributed by atoms with Gasteiger partial charge in [-0.15, -0.1) is 10.2 Å². The van der Waals surface area contributed by atoms with Crippen LogP contribution in [0.5, 0.6) is 11.8 Å². The van der Waals surface area contributed by atoms with Crippen LogP contribution in [-0.2, 0) is 10.0 Å². The van der Waals surface area contributed by atoms with Crippen molar-refractivity contribution >= 4 is 50.9 Å². The Hall–Kier alpha value is -5.26. The van der Waals surface area contributed by atoms with Crippen molar-refractivity contribution in [2.75, 3.05) is 18.9 Å². The van der Waals surface area contributed by atoms with Crippen LogP contribution in [0.3, 0.4) is 0 Å². The second-order valence-electron chi connectivity index (χ2n) is 11.2. The molecule has 50 heavy (non-hydrogen) atoms. The molecule has 4 N–H and O–H groups in total. The lowest BCUT2D eigenvalue weighted by Gasteiger charge is -2.10. The molecule has 272 valence electrons. The number of carboxylic acid groups (broad SMARTS) is 1. The summed E-state index contributed by atoms with van der Waals surface area (Å²) in [4.78, 5) is 34.8. The predicted octanol–water partition coefficient (Wildman–Crippen LogP) is 5.69. The topological polar surface area (TPSA) is 219 Å². The van der Waals surface area contributed by atoms with E-state index in [2.05, 4.69) is 25.1 Å². The van der Waals surface area contributed by atoms with Gasteiger partial charge < -0.3 is 20.3 Å². The van der Waals surface area contributed by atoms with Crippen LogP contribution in [-0.4, -0.2) is 73.1 Å². The molecule has 0 atom stereocenters. The number of halogens is 2. The first-order valence-electron chi connectivity index (χ1n) is 14.9. The van der Waals surface area contributed by atoms with Crippen LogP contribution in [0.25, 0.3) is 11.6 Å². The number of pyridine rings is 3. The molecule has 0 bridgehead atoms. The van der Waals surface area contributed by atoms with Gasteiger partial charge in [0.2, 0.25) is 11.8 Å². The highest BCUT2D eigenvalue weighted by Gasteiger charge is 2.24. The fourth-order valence-electron chi connectivity index (χ4n) is 3.82.